The number of likely N-dealkylation sites (tertiary alicyclic amines) is 2. The van der Waals surface area contributed by atoms with Crippen LogP contribution in [0.15, 0.2) is 47.3 Å². The summed E-state index contributed by atoms with van der Waals surface area (Å²) < 4.78 is 18.3. The van der Waals surface area contributed by atoms with Gasteiger partial charge in [0.2, 0.25) is 5.91 Å². The van der Waals surface area contributed by atoms with Crippen molar-refractivity contribution in [1.82, 2.24) is 9.80 Å². The number of carbonyl (C=O) groups excluding carboxylic acids is 2. The van der Waals surface area contributed by atoms with Gasteiger partial charge in [-0.3, -0.25) is 9.59 Å². The summed E-state index contributed by atoms with van der Waals surface area (Å²) in [5.74, 6) is -0.321. The monoisotopic (exact) mass is 342 g/mol. The summed E-state index contributed by atoms with van der Waals surface area (Å²) in [6.45, 7) is 2.07. The molecular formula is C19H19FN2O3. The van der Waals surface area contributed by atoms with E-state index in [0.29, 0.717) is 38.2 Å². The molecule has 0 radical (unpaired) electrons. The predicted octanol–water partition coefficient (Wildman–Crippen LogP) is 2.68. The third-order valence-electron chi connectivity index (χ3n) is 5.27. The molecule has 0 bridgehead atoms. The number of hydrogen-bond donors (Lipinski definition) is 0. The first-order chi connectivity index (χ1) is 12.1. The van der Waals surface area contributed by atoms with Crippen LogP contribution in [0.25, 0.3) is 0 Å². The highest BCUT2D eigenvalue weighted by atomic mass is 19.1. The van der Waals surface area contributed by atoms with Gasteiger partial charge in [-0.2, -0.15) is 0 Å². The van der Waals surface area contributed by atoms with Gasteiger partial charge in [0.1, 0.15) is 12.1 Å². The summed E-state index contributed by atoms with van der Waals surface area (Å²) in [6.07, 6.45) is 4.31. The molecule has 0 aliphatic carbocycles. The summed E-state index contributed by atoms with van der Waals surface area (Å²) in [6, 6.07) is 7.97. The summed E-state index contributed by atoms with van der Waals surface area (Å²) in [4.78, 5) is 28.9. The third-order valence-corrected chi connectivity index (χ3v) is 5.27. The van der Waals surface area contributed by atoms with Crippen molar-refractivity contribution in [2.45, 2.75) is 19.4 Å². The molecule has 4 rings (SSSR count). The van der Waals surface area contributed by atoms with Gasteiger partial charge >= 0.3 is 0 Å². The lowest BCUT2D eigenvalue weighted by Gasteiger charge is -2.23. The van der Waals surface area contributed by atoms with E-state index in [1.807, 2.05) is 6.07 Å². The number of halogens is 1. The Kier molecular flexibility index (Phi) is 3.82. The molecule has 2 amide bonds. The molecule has 1 aromatic carbocycles. The zero-order chi connectivity index (χ0) is 17.4. The molecule has 2 aliphatic heterocycles. The summed E-state index contributed by atoms with van der Waals surface area (Å²) in [7, 11) is 0. The van der Waals surface area contributed by atoms with Crippen LogP contribution in [0.5, 0.6) is 0 Å². The van der Waals surface area contributed by atoms with Crippen molar-refractivity contribution < 1.29 is 18.4 Å². The first-order valence-electron chi connectivity index (χ1n) is 8.43. The number of furan rings is 1. The Balaban J connectivity index is 1.45. The first kappa shape index (κ1) is 15.9. The molecule has 2 saturated heterocycles. The van der Waals surface area contributed by atoms with Crippen LogP contribution in [-0.2, 0) is 11.3 Å². The van der Waals surface area contributed by atoms with Gasteiger partial charge in [-0.15, -0.1) is 0 Å². The van der Waals surface area contributed by atoms with Crippen molar-refractivity contribution in [3.05, 3.63) is 59.8 Å². The zero-order valence-corrected chi connectivity index (χ0v) is 13.8. The highest BCUT2D eigenvalue weighted by molar-refractivity contribution is 5.95. The number of benzene rings is 1. The van der Waals surface area contributed by atoms with Crippen molar-refractivity contribution in [3.63, 3.8) is 0 Å². The molecule has 25 heavy (non-hydrogen) atoms. The Morgan fingerprint density at radius 1 is 1.24 bits per heavy atom. The molecule has 1 spiro atoms. The molecule has 0 unspecified atom stereocenters. The van der Waals surface area contributed by atoms with E-state index in [-0.39, 0.29) is 17.6 Å². The van der Waals surface area contributed by atoms with Crippen LogP contribution in [0.1, 0.15) is 28.8 Å². The van der Waals surface area contributed by atoms with Crippen LogP contribution in [0, 0.1) is 11.2 Å². The van der Waals surface area contributed by atoms with E-state index in [2.05, 4.69) is 0 Å². The van der Waals surface area contributed by atoms with Gasteiger partial charge in [-0.05, 0) is 36.6 Å². The number of carbonyl (C=O) groups is 2. The minimum absolute atomic E-state index is 0.0688. The van der Waals surface area contributed by atoms with E-state index in [4.69, 9.17) is 4.42 Å². The van der Waals surface area contributed by atoms with Gasteiger partial charge in [0.05, 0.1) is 17.2 Å². The van der Waals surface area contributed by atoms with E-state index in [1.165, 1.54) is 24.7 Å². The molecule has 2 aliphatic rings. The van der Waals surface area contributed by atoms with E-state index < -0.39 is 5.41 Å². The quantitative estimate of drug-likeness (QED) is 0.862. The SMILES string of the molecule is O=C(c1ccoc1)N1CC[C@@]2(CCN(Cc3cccc(F)c3)C2=O)C1. The minimum Gasteiger partial charge on any atom is -0.472 e. The number of amides is 2. The normalized spacial score (nSPS) is 23.0. The molecule has 3 heterocycles. The highest BCUT2D eigenvalue weighted by Gasteiger charge is 2.51. The zero-order valence-electron chi connectivity index (χ0n) is 13.8. The Hall–Kier alpha value is -2.63. The van der Waals surface area contributed by atoms with Crippen LogP contribution in [-0.4, -0.2) is 41.2 Å². The van der Waals surface area contributed by atoms with E-state index in [0.717, 1.165) is 12.0 Å². The fraction of sp³-hybridized carbons (Fsp3) is 0.368. The van der Waals surface area contributed by atoms with Crippen molar-refractivity contribution in [1.29, 1.82) is 0 Å². The summed E-state index contributed by atoms with van der Waals surface area (Å²) in [5, 5.41) is 0. The van der Waals surface area contributed by atoms with Gasteiger partial charge in [-0.1, -0.05) is 12.1 Å². The van der Waals surface area contributed by atoms with Gasteiger partial charge in [0.25, 0.3) is 5.91 Å². The van der Waals surface area contributed by atoms with Crippen molar-refractivity contribution >= 4 is 11.8 Å². The van der Waals surface area contributed by atoms with Gasteiger partial charge in [-0.25, -0.2) is 4.39 Å². The number of nitrogens with zero attached hydrogens (tertiary/aromatic N) is 2. The second-order valence-corrected chi connectivity index (χ2v) is 6.88. The second kappa shape index (κ2) is 6.02. The average molecular weight is 342 g/mol. The number of rotatable bonds is 3. The van der Waals surface area contributed by atoms with Gasteiger partial charge in [0, 0.05) is 26.2 Å². The standard InChI is InChI=1S/C19H19FN2O3/c20-16-3-1-2-14(10-16)11-21-7-5-19(18(21)24)6-8-22(13-19)17(23)15-4-9-25-12-15/h1-4,9-10,12H,5-8,11,13H2/t19-/m0/s1. The molecule has 5 nitrogen and oxygen atoms in total. The molecule has 0 saturated carbocycles. The molecule has 6 heteroatoms. The van der Waals surface area contributed by atoms with E-state index in [9.17, 15) is 14.0 Å². The molecule has 130 valence electrons. The van der Waals surface area contributed by atoms with E-state index in [1.54, 1.807) is 21.9 Å². The second-order valence-electron chi connectivity index (χ2n) is 6.88. The Labute approximate surface area is 145 Å². The smallest absolute Gasteiger partial charge is 0.257 e. The van der Waals surface area contributed by atoms with Gasteiger partial charge in [0.15, 0.2) is 0 Å². The molecule has 1 aromatic heterocycles. The predicted molar refractivity (Wildman–Crippen MR) is 88.1 cm³/mol. The maximum atomic E-state index is 13.4. The van der Waals surface area contributed by atoms with E-state index >= 15 is 0 Å². The number of hydrogen-bond acceptors (Lipinski definition) is 3. The molecule has 2 fully saturated rings. The molecule has 2 aromatic rings. The van der Waals surface area contributed by atoms with Crippen molar-refractivity contribution in [3.8, 4) is 0 Å². The molecule has 1 atom stereocenters. The maximum Gasteiger partial charge on any atom is 0.257 e. The third kappa shape index (κ3) is 2.81. The van der Waals surface area contributed by atoms with Gasteiger partial charge < -0.3 is 14.2 Å². The first-order valence-corrected chi connectivity index (χ1v) is 8.43. The Morgan fingerprint density at radius 2 is 2.08 bits per heavy atom. The lowest BCUT2D eigenvalue weighted by Crippen LogP contribution is -2.38. The maximum absolute atomic E-state index is 13.4. The van der Waals surface area contributed by atoms with Crippen LogP contribution in [0.3, 0.4) is 0 Å². The average Bonchev–Trinajstić information content (AvgIpc) is 3.33. The van der Waals surface area contributed by atoms with Crippen molar-refractivity contribution in [2.24, 2.45) is 5.41 Å². The Morgan fingerprint density at radius 3 is 2.84 bits per heavy atom. The van der Waals surface area contributed by atoms with Crippen LogP contribution < -0.4 is 0 Å². The molecular weight excluding hydrogens is 323 g/mol. The minimum atomic E-state index is -0.493. The highest BCUT2D eigenvalue weighted by Crippen LogP contribution is 2.41. The fourth-order valence-electron chi connectivity index (χ4n) is 3.89. The molecule has 0 N–H and O–H groups in total. The summed E-state index contributed by atoms with van der Waals surface area (Å²) >= 11 is 0. The van der Waals surface area contributed by atoms with Crippen LogP contribution >= 0.6 is 0 Å². The largest absolute Gasteiger partial charge is 0.472 e. The Bertz CT molecular complexity index is 805. The van der Waals surface area contributed by atoms with Crippen molar-refractivity contribution in [2.75, 3.05) is 19.6 Å². The lowest BCUT2D eigenvalue weighted by atomic mass is 9.85. The summed E-state index contributed by atoms with van der Waals surface area (Å²) in [5.41, 5.74) is 0.807. The fourth-order valence-corrected chi connectivity index (χ4v) is 3.89. The topological polar surface area (TPSA) is 53.8 Å². The lowest BCUT2D eigenvalue weighted by molar-refractivity contribution is -0.135. The van der Waals surface area contributed by atoms with Crippen LogP contribution in [0.2, 0.25) is 0 Å². The van der Waals surface area contributed by atoms with Crippen LogP contribution in [0.4, 0.5) is 4.39 Å².